The van der Waals surface area contributed by atoms with Gasteiger partial charge >= 0.3 is 0 Å². The van der Waals surface area contributed by atoms with Gasteiger partial charge in [-0.15, -0.1) is 0 Å². The molecule has 2 aromatic carbocycles. The SMILES string of the molecule is Oc1ccc(O)c([C@H]2NCCc3cc(O)c(O)cc32)c1. The summed E-state index contributed by atoms with van der Waals surface area (Å²) >= 11 is 0. The number of nitrogens with one attached hydrogen (secondary N) is 1. The van der Waals surface area contributed by atoms with E-state index in [9.17, 15) is 20.4 Å². The van der Waals surface area contributed by atoms with Crippen LogP contribution in [0.1, 0.15) is 22.7 Å². The standard InChI is InChI=1S/C15H15NO4/c17-9-1-2-12(18)11(6-9)15-10-7-14(20)13(19)5-8(10)3-4-16-15/h1-2,5-7,15-20H,3-4H2/t15-/m0/s1. The summed E-state index contributed by atoms with van der Waals surface area (Å²) in [4.78, 5) is 0. The van der Waals surface area contributed by atoms with Crippen molar-refractivity contribution in [2.75, 3.05) is 6.54 Å². The van der Waals surface area contributed by atoms with Crippen molar-refractivity contribution in [1.29, 1.82) is 0 Å². The number of hydrogen-bond acceptors (Lipinski definition) is 5. The van der Waals surface area contributed by atoms with Crippen molar-refractivity contribution >= 4 is 0 Å². The summed E-state index contributed by atoms with van der Waals surface area (Å²) in [7, 11) is 0. The number of benzene rings is 2. The predicted octanol–water partition coefficient (Wildman–Crippen LogP) is 1.74. The van der Waals surface area contributed by atoms with E-state index >= 15 is 0 Å². The maximum absolute atomic E-state index is 9.97. The molecule has 0 amide bonds. The second kappa shape index (κ2) is 4.61. The molecule has 0 aromatic heterocycles. The fraction of sp³-hybridized carbons (Fsp3) is 0.200. The van der Waals surface area contributed by atoms with Gasteiger partial charge in [0.1, 0.15) is 11.5 Å². The Kier molecular flexibility index (Phi) is 2.91. The second-order valence-corrected chi connectivity index (χ2v) is 4.92. The van der Waals surface area contributed by atoms with Crippen molar-refractivity contribution in [1.82, 2.24) is 5.32 Å². The van der Waals surface area contributed by atoms with Crippen molar-refractivity contribution in [3.05, 3.63) is 47.0 Å². The lowest BCUT2D eigenvalue weighted by Gasteiger charge is -2.28. The van der Waals surface area contributed by atoms with Gasteiger partial charge in [0.2, 0.25) is 0 Å². The first-order valence-corrected chi connectivity index (χ1v) is 6.36. The van der Waals surface area contributed by atoms with Crippen LogP contribution in [0.15, 0.2) is 30.3 Å². The summed E-state index contributed by atoms with van der Waals surface area (Å²) in [5.41, 5.74) is 2.23. The lowest BCUT2D eigenvalue weighted by Crippen LogP contribution is -2.30. The number of aromatic hydroxyl groups is 4. The van der Waals surface area contributed by atoms with Crippen molar-refractivity contribution < 1.29 is 20.4 Å². The van der Waals surface area contributed by atoms with E-state index in [-0.39, 0.29) is 29.0 Å². The van der Waals surface area contributed by atoms with Crippen LogP contribution in [-0.4, -0.2) is 27.0 Å². The zero-order chi connectivity index (χ0) is 14.3. The van der Waals surface area contributed by atoms with Gasteiger partial charge in [0, 0.05) is 12.1 Å². The van der Waals surface area contributed by atoms with Gasteiger partial charge < -0.3 is 25.7 Å². The van der Waals surface area contributed by atoms with Crippen LogP contribution in [-0.2, 0) is 6.42 Å². The van der Waals surface area contributed by atoms with Crippen LogP contribution in [0.3, 0.4) is 0 Å². The third kappa shape index (κ3) is 2.02. The maximum atomic E-state index is 9.97. The Morgan fingerprint density at radius 2 is 1.60 bits per heavy atom. The Labute approximate surface area is 115 Å². The molecule has 20 heavy (non-hydrogen) atoms. The number of fused-ring (bicyclic) bond motifs is 1. The highest BCUT2D eigenvalue weighted by Gasteiger charge is 2.25. The minimum Gasteiger partial charge on any atom is -0.508 e. The first kappa shape index (κ1) is 12.6. The van der Waals surface area contributed by atoms with Gasteiger partial charge in [-0.2, -0.15) is 0 Å². The van der Waals surface area contributed by atoms with E-state index in [1.165, 1.54) is 24.3 Å². The first-order valence-electron chi connectivity index (χ1n) is 6.36. The van der Waals surface area contributed by atoms with Gasteiger partial charge in [0.25, 0.3) is 0 Å². The summed E-state index contributed by atoms with van der Waals surface area (Å²) in [6, 6.07) is 7.03. The van der Waals surface area contributed by atoms with E-state index in [1.807, 2.05) is 0 Å². The minimum absolute atomic E-state index is 0.0646. The molecule has 5 heteroatoms. The summed E-state index contributed by atoms with van der Waals surface area (Å²) < 4.78 is 0. The smallest absolute Gasteiger partial charge is 0.157 e. The summed E-state index contributed by atoms with van der Waals surface area (Å²) in [6.07, 6.45) is 0.721. The molecule has 1 aliphatic rings. The number of rotatable bonds is 1. The van der Waals surface area contributed by atoms with E-state index in [0.717, 1.165) is 17.5 Å². The van der Waals surface area contributed by atoms with Gasteiger partial charge in [0.05, 0.1) is 6.04 Å². The monoisotopic (exact) mass is 273 g/mol. The zero-order valence-electron chi connectivity index (χ0n) is 10.7. The molecule has 0 aliphatic carbocycles. The Morgan fingerprint density at radius 1 is 0.850 bits per heavy atom. The van der Waals surface area contributed by atoms with E-state index in [1.54, 1.807) is 6.07 Å². The average molecular weight is 273 g/mol. The van der Waals surface area contributed by atoms with Crippen molar-refractivity contribution in [3.8, 4) is 23.0 Å². The topological polar surface area (TPSA) is 93.0 Å². The molecule has 2 aromatic rings. The predicted molar refractivity (Wildman–Crippen MR) is 73.1 cm³/mol. The third-order valence-electron chi connectivity index (χ3n) is 3.61. The highest BCUT2D eigenvalue weighted by Crippen LogP contribution is 2.39. The molecule has 1 atom stereocenters. The fourth-order valence-corrected chi connectivity index (χ4v) is 2.63. The van der Waals surface area contributed by atoms with E-state index in [4.69, 9.17) is 0 Å². The largest absolute Gasteiger partial charge is 0.508 e. The van der Waals surface area contributed by atoms with E-state index < -0.39 is 0 Å². The molecule has 0 saturated carbocycles. The van der Waals surface area contributed by atoms with Gasteiger partial charge in [-0.25, -0.2) is 0 Å². The summed E-state index contributed by atoms with van der Waals surface area (Å²) in [6.45, 7) is 0.678. The number of phenols is 4. The molecule has 1 heterocycles. The van der Waals surface area contributed by atoms with Crippen LogP contribution in [0.4, 0.5) is 0 Å². The van der Waals surface area contributed by atoms with Crippen LogP contribution in [0.5, 0.6) is 23.0 Å². The van der Waals surface area contributed by atoms with Gasteiger partial charge in [0.15, 0.2) is 11.5 Å². The first-order chi connectivity index (χ1) is 9.56. The van der Waals surface area contributed by atoms with Crippen LogP contribution in [0.2, 0.25) is 0 Å². The van der Waals surface area contributed by atoms with Gasteiger partial charge in [-0.05, 0) is 47.9 Å². The molecule has 0 fully saturated rings. The second-order valence-electron chi connectivity index (χ2n) is 4.92. The molecule has 5 N–H and O–H groups in total. The van der Waals surface area contributed by atoms with Crippen LogP contribution >= 0.6 is 0 Å². The number of hydrogen-bond donors (Lipinski definition) is 5. The molecular formula is C15H15NO4. The molecule has 0 saturated heterocycles. The average Bonchev–Trinajstić information content (AvgIpc) is 2.42. The molecule has 5 nitrogen and oxygen atoms in total. The van der Waals surface area contributed by atoms with Crippen molar-refractivity contribution in [2.24, 2.45) is 0 Å². The molecule has 0 spiro atoms. The van der Waals surface area contributed by atoms with E-state index in [0.29, 0.717) is 12.1 Å². The zero-order valence-corrected chi connectivity index (χ0v) is 10.7. The maximum Gasteiger partial charge on any atom is 0.157 e. The Hall–Kier alpha value is -2.40. The van der Waals surface area contributed by atoms with Crippen LogP contribution < -0.4 is 5.32 Å². The molecule has 0 unspecified atom stereocenters. The van der Waals surface area contributed by atoms with E-state index in [2.05, 4.69) is 5.32 Å². The fourth-order valence-electron chi connectivity index (χ4n) is 2.63. The molecule has 1 aliphatic heterocycles. The van der Waals surface area contributed by atoms with Crippen molar-refractivity contribution in [2.45, 2.75) is 12.5 Å². The summed E-state index contributed by atoms with van der Waals surface area (Å²) in [5.74, 6) is -0.211. The highest BCUT2D eigenvalue weighted by atomic mass is 16.3. The minimum atomic E-state index is -0.336. The Balaban J connectivity index is 2.14. The van der Waals surface area contributed by atoms with Gasteiger partial charge in [-0.1, -0.05) is 0 Å². The Bertz CT molecular complexity index is 669. The summed E-state index contributed by atoms with van der Waals surface area (Å²) in [5, 5.41) is 42.0. The molecule has 0 bridgehead atoms. The molecule has 0 radical (unpaired) electrons. The van der Waals surface area contributed by atoms with Crippen molar-refractivity contribution in [3.63, 3.8) is 0 Å². The van der Waals surface area contributed by atoms with Crippen LogP contribution in [0.25, 0.3) is 0 Å². The quantitative estimate of drug-likeness (QED) is 0.403. The van der Waals surface area contributed by atoms with Crippen LogP contribution in [0, 0.1) is 0 Å². The third-order valence-corrected chi connectivity index (χ3v) is 3.61. The normalized spacial score (nSPS) is 17.7. The number of phenolic OH excluding ortho intramolecular Hbond substituents is 4. The molecular weight excluding hydrogens is 258 g/mol. The lowest BCUT2D eigenvalue weighted by molar-refractivity contribution is 0.399. The molecule has 3 rings (SSSR count). The molecule has 104 valence electrons. The Morgan fingerprint density at radius 3 is 2.40 bits per heavy atom. The highest BCUT2D eigenvalue weighted by molar-refractivity contribution is 5.53. The van der Waals surface area contributed by atoms with Gasteiger partial charge in [-0.3, -0.25) is 0 Å². The lowest BCUT2D eigenvalue weighted by atomic mass is 9.89.